The van der Waals surface area contributed by atoms with E-state index in [9.17, 15) is 0 Å². The van der Waals surface area contributed by atoms with E-state index >= 15 is 0 Å². The summed E-state index contributed by atoms with van der Waals surface area (Å²) in [6, 6.07) is 0. The fourth-order valence-electron chi connectivity index (χ4n) is 3.06. The Kier molecular flexibility index (Phi) is 7.29. The number of hydrogen-bond donors (Lipinski definition) is 1. The zero-order chi connectivity index (χ0) is 14.3. The lowest BCUT2D eigenvalue weighted by Gasteiger charge is -2.46. The molecule has 0 aliphatic carbocycles. The van der Waals surface area contributed by atoms with Gasteiger partial charge in [0, 0.05) is 18.7 Å². The largest absolute Gasteiger partial charge is 0.378 e. The summed E-state index contributed by atoms with van der Waals surface area (Å²) in [5.41, 5.74) is 6.28. The Labute approximate surface area is 119 Å². The first-order valence-electron chi connectivity index (χ1n) is 7.71. The quantitative estimate of drug-likeness (QED) is 0.727. The average Bonchev–Trinajstić information content (AvgIpc) is 2.38. The zero-order valence-corrected chi connectivity index (χ0v) is 13.3. The maximum Gasteiger partial charge on any atom is 0.0593 e. The maximum atomic E-state index is 6.12. The van der Waals surface area contributed by atoms with E-state index in [1.807, 2.05) is 0 Å². The van der Waals surface area contributed by atoms with E-state index in [1.165, 1.54) is 12.8 Å². The SMILES string of the molecule is CCCC1CC(CN)(N(C)CCCN(C)C)CCO1. The molecule has 2 N–H and O–H groups in total. The molecule has 0 saturated carbocycles. The zero-order valence-electron chi connectivity index (χ0n) is 13.3. The van der Waals surface area contributed by atoms with E-state index < -0.39 is 0 Å². The molecule has 1 fully saturated rings. The lowest BCUT2D eigenvalue weighted by atomic mass is 9.84. The van der Waals surface area contributed by atoms with Crippen molar-refractivity contribution in [1.82, 2.24) is 9.80 Å². The molecule has 19 heavy (non-hydrogen) atoms. The van der Waals surface area contributed by atoms with Crippen LogP contribution in [0, 0.1) is 0 Å². The van der Waals surface area contributed by atoms with Gasteiger partial charge in [-0.15, -0.1) is 0 Å². The molecule has 0 aromatic heterocycles. The monoisotopic (exact) mass is 271 g/mol. The highest BCUT2D eigenvalue weighted by atomic mass is 16.5. The van der Waals surface area contributed by atoms with E-state index in [2.05, 4.69) is 37.9 Å². The van der Waals surface area contributed by atoms with Crippen LogP contribution in [0.5, 0.6) is 0 Å². The van der Waals surface area contributed by atoms with E-state index in [1.54, 1.807) is 0 Å². The van der Waals surface area contributed by atoms with E-state index in [4.69, 9.17) is 10.5 Å². The molecule has 1 heterocycles. The van der Waals surface area contributed by atoms with Crippen molar-refractivity contribution in [1.29, 1.82) is 0 Å². The molecule has 0 amide bonds. The lowest BCUT2D eigenvalue weighted by molar-refractivity contribution is -0.0672. The van der Waals surface area contributed by atoms with Crippen molar-refractivity contribution in [2.24, 2.45) is 5.73 Å². The predicted octanol–water partition coefficient (Wildman–Crippen LogP) is 1.55. The van der Waals surface area contributed by atoms with Gasteiger partial charge in [-0.25, -0.2) is 0 Å². The van der Waals surface area contributed by atoms with Gasteiger partial charge in [0.05, 0.1) is 6.10 Å². The number of hydrogen-bond acceptors (Lipinski definition) is 4. The Bertz CT molecular complexity index is 246. The second-order valence-electron chi connectivity index (χ2n) is 6.24. The van der Waals surface area contributed by atoms with Crippen LogP contribution in [0.2, 0.25) is 0 Å². The van der Waals surface area contributed by atoms with Gasteiger partial charge in [-0.05, 0) is 59.9 Å². The number of nitrogens with zero attached hydrogens (tertiary/aromatic N) is 2. The Balaban J connectivity index is 2.52. The van der Waals surface area contributed by atoms with Crippen LogP contribution in [0.1, 0.15) is 39.0 Å². The Morgan fingerprint density at radius 1 is 1.26 bits per heavy atom. The summed E-state index contributed by atoms with van der Waals surface area (Å²) in [6.45, 7) is 6.09. The van der Waals surface area contributed by atoms with Crippen molar-refractivity contribution < 1.29 is 4.74 Å². The molecule has 1 saturated heterocycles. The summed E-state index contributed by atoms with van der Waals surface area (Å²) < 4.78 is 5.88. The maximum absolute atomic E-state index is 6.12. The molecule has 0 radical (unpaired) electrons. The summed E-state index contributed by atoms with van der Waals surface area (Å²) >= 11 is 0. The van der Waals surface area contributed by atoms with Gasteiger partial charge >= 0.3 is 0 Å². The van der Waals surface area contributed by atoms with Crippen LogP contribution < -0.4 is 5.73 Å². The normalized spacial score (nSPS) is 28.3. The molecule has 2 atom stereocenters. The van der Waals surface area contributed by atoms with Gasteiger partial charge in [0.2, 0.25) is 0 Å². The topological polar surface area (TPSA) is 41.7 Å². The van der Waals surface area contributed by atoms with Crippen molar-refractivity contribution in [2.75, 3.05) is 47.4 Å². The molecule has 1 aliphatic heterocycles. The van der Waals surface area contributed by atoms with Crippen LogP contribution in [0.4, 0.5) is 0 Å². The standard InChI is InChI=1S/C15H33N3O/c1-5-7-14-12-15(13-16,8-11-19-14)18(4)10-6-9-17(2)3/h14H,5-13,16H2,1-4H3. The van der Waals surface area contributed by atoms with Crippen molar-refractivity contribution in [3.8, 4) is 0 Å². The Morgan fingerprint density at radius 3 is 2.58 bits per heavy atom. The second-order valence-corrected chi connectivity index (χ2v) is 6.24. The van der Waals surface area contributed by atoms with Crippen molar-refractivity contribution in [2.45, 2.75) is 50.7 Å². The molecule has 1 rings (SSSR count). The van der Waals surface area contributed by atoms with E-state index in [0.29, 0.717) is 6.10 Å². The summed E-state index contributed by atoms with van der Waals surface area (Å²) in [7, 11) is 6.49. The average molecular weight is 271 g/mol. The molecule has 0 bridgehead atoms. The Hall–Kier alpha value is -0.160. The summed E-state index contributed by atoms with van der Waals surface area (Å²) in [6.07, 6.45) is 6.12. The van der Waals surface area contributed by atoms with Crippen LogP contribution >= 0.6 is 0 Å². The highest BCUT2D eigenvalue weighted by Crippen LogP contribution is 2.31. The minimum Gasteiger partial charge on any atom is -0.378 e. The first-order valence-corrected chi connectivity index (χ1v) is 7.71. The molecule has 114 valence electrons. The number of rotatable bonds is 8. The van der Waals surface area contributed by atoms with Gasteiger partial charge in [-0.1, -0.05) is 13.3 Å². The highest BCUT2D eigenvalue weighted by Gasteiger charge is 2.38. The van der Waals surface area contributed by atoms with Crippen molar-refractivity contribution in [3.05, 3.63) is 0 Å². The smallest absolute Gasteiger partial charge is 0.0593 e. The van der Waals surface area contributed by atoms with E-state index in [0.717, 1.165) is 45.5 Å². The van der Waals surface area contributed by atoms with Gasteiger partial charge in [-0.2, -0.15) is 0 Å². The van der Waals surface area contributed by atoms with Gasteiger partial charge in [0.1, 0.15) is 0 Å². The van der Waals surface area contributed by atoms with Gasteiger partial charge in [0.25, 0.3) is 0 Å². The highest BCUT2D eigenvalue weighted by molar-refractivity contribution is 4.95. The first kappa shape index (κ1) is 16.9. The van der Waals surface area contributed by atoms with E-state index in [-0.39, 0.29) is 5.54 Å². The van der Waals surface area contributed by atoms with Crippen LogP contribution in [-0.2, 0) is 4.74 Å². The molecular formula is C15H33N3O. The second kappa shape index (κ2) is 8.20. The minimum atomic E-state index is 0.157. The molecule has 4 heteroatoms. The van der Waals surface area contributed by atoms with Crippen LogP contribution in [0.25, 0.3) is 0 Å². The lowest BCUT2D eigenvalue weighted by Crippen LogP contribution is -2.57. The molecular weight excluding hydrogens is 238 g/mol. The van der Waals surface area contributed by atoms with Crippen LogP contribution in [0.15, 0.2) is 0 Å². The van der Waals surface area contributed by atoms with Crippen molar-refractivity contribution in [3.63, 3.8) is 0 Å². The van der Waals surface area contributed by atoms with Gasteiger partial charge in [0.15, 0.2) is 0 Å². The summed E-state index contributed by atoms with van der Waals surface area (Å²) in [5, 5.41) is 0. The molecule has 2 unspecified atom stereocenters. The van der Waals surface area contributed by atoms with Crippen molar-refractivity contribution >= 4 is 0 Å². The molecule has 0 spiro atoms. The predicted molar refractivity (Wildman–Crippen MR) is 81.5 cm³/mol. The molecule has 0 aromatic rings. The minimum absolute atomic E-state index is 0.157. The fraction of sp³-hybridized carbons (Fsp3) is 1.00. The summed E-state index contributed by atoms with van der Waals surface area (Å²) in [4.78, 5) is 4.73. The number of ether oxygens (including phenoxy) is 1. The third-order valence-electron chi connectivity index (χ3n) is 4.43. The number of likely N-dealkylation sites (N-methyl/N-ethyl adjacent to an activating group) is 1. The Morgan fingerprint density at radius 2 is 2.00 bits per heavy atom. The third-order valence-corrected chi connectivity index (χ3v) is 4.43. The first-order chi connectivity index (χ1) is 9.04. The van der Waals surface area contributed by atoms with Crippen LogP contribution in [0.3, 0.4) is 0 Å². The van der Waals surface area contributed by atoms with Gasteiger partial charge < -0.3 is 15.4 Å². The van der Waals surface area contributed by atoms with Gasteiger partial charge in [-0.3, -0.25) is 4.90 Å². The number of nitrogens with two attached hydrogens (primary N) is 1. The third kappa shape index (κ3) is 5.03. The fourth-order valence-corrected chi connectivity index (χ4v) is 3.06. The summed E-state index contributed by atoms with van der Waals surface area (Å²) in [5.74, 6) is 0. The molecule has 4 nitrogen and oxygen atoms in total. The molecule has 1 aliphatic rings. The van der Waals surface area contributed by atoms with Crippen LogP contribution in [-0.4, -0.2) is 68.8 Å². The molecule has 0 aromatic carbocycles.